The predicted octanol–water partition coefficient (Wildman–Crippen LogP) is 1.69. The molecule has 0 spiro atoms. The summed E-state index contributed by atoms with van der Waals surface area (Å²) in [5.74, 6) is 0. The number of nitrogens with zero attached hydrogens (tertiary/aromatic N) is 1. The number of hydrogen-bond donors (Lipinski definition) is 2. The van der Waals surface area contributed by atoms with Crippen LogP contribution in [0.3, 0.4) is 0 Å². The fraction of sp³-hybridized carbons (Fsp3) is 0.267. The summed E-state index contributed by atoms with van der Waals surface area (Å²) in [4.78, 5) is 4.29. The second-order valence-electron chi connectivity index (χ2n) is 5.07. The smallest absolute Gasteiger partial charge is 0.259 e. The van der Waals surface area contributed by atoms with Gasteiger partial charge in [0, 0.05) is 12.7 Å². The first-order valence-corrected chi connectivity index (χ1v) is 8.37. The van der Waals surface area contributed by atoms with Crippen LogP contribution in [-0.2, 0) is 23.2 Å². The van der Waals surface area contributed by atoms with E-state index in [1.54, 1.807) is 6.20 Å². The maximum Gasteiger partial charge on any atom is 0.277 e. The van der Waals surface area contributed by atoms with Crippen LogP contribution < -0.4 is 9.44 Å². The second-order valence-corrected chi connectivity index (χ2v) is 6.60. The third kappa shape index (κ3) is 3.47. The van der Waals surface area contributed by atoms with Gasteiger partial charge in [0.2, 0.25) is 0 Å². The Morgan fingerprint density at radius 3 is 2.76 bits per heavy atom. The van der Waals surface area contributed by atoms with Gasteiger partial charge in [0.25, 0.3) is 10.2 Å². The molecule has 0 amide bonds. The standard InChI is InChI=1S/C15H17N3O2S/c19-21(20,17-11-12-5-2-1-3-6-12)18-14-9-8-13-7-4-10-16-15(13)14/h1-7,10,14,17-18H,8-9,11H2/t14-/m0/s1. The maximum atomic E-state index is 12.1. The van der Waals surface area contributed by atoms with Crippen molar-refractivity contribution >= 4 is 10.2 Å². The zero-order chi connectivity index (χ0) is 14.7. The molecule has 0 saturated heterocycles. The van der Waals surface area contributed by atoms with E-state index < -0.39 is 10.2 Å². The summed E-state index contributed by atoms with van der Waals surface area (Å²) in [6.45, 7) is 0.276. The summed E-state index contributed by atoms with van der Waals surface area (Å²) in [5.41, 5.74) is 2.88. The lowest BCUT2D eigenvalue weighted by atomic mass is 10.2. The van der Waals surface area contributed by atoms with Crippen molar-refractivity contribution in [1.82, 2.24) is 14.4 Å². The van der Waals surface area contributed by atoms with Gasteiger partial charge in [-0.15, -0.1) is 0 Å². The van der Waals surface area contributed by atoms with Gasteiger partial charge in [0.05, 0.1) is 11.7 Å². The highest BCUT2D eigenvalue weighted by Gasteiger charge is 2.27. The number of benzene rings is 1. The van der Waals surface area contributed by atoms with Crippen molar-refractivity contribution in [2.24, 2.45) is 0 Å². The van der Waals surface area contributed by atoms with E-state index in [1.807, 2.05) is 42.5 Å². The lowest BCUT2D eigenvalue weighted by Crippen LogP contribution is -2.38. The Labute approximate surface area is 124 Å². The summed E-state index contributed by atoms with van der Waals surface area (Å²) in [7, 11) is -3.55. The quantitative estimate of drug-likeness (QED) is 0.883. The largest absolute Gasteiger partial charge is 0.277 e. The normalized spacial score (nSPS) is 17.6. The minimum absolute atomic E-state index is 0.241. The van der Waals surface area contributed by atoms with E-state index in [-0.39, 0.29) is 12.6 Å². The number of hydrogen-bond acceptors (Lipinski definition) is 3. The Balaban J connectivity index is 1.65. The van der Waals surface area contributed by atoms with Gasteiger partial charge < -0.3 is 0 Å². The number of aryl methyl sites for hydroxylation is 1. The van der Waals surface area contributed by atoms with Gasteiger partial charge in [-0.2, -0.15) is 17.9 Å². The molecule has 6 heteroatoms. The minimum atomic E-state index is -3.55. The number of nitrogens with one attached hydrogen (secondary N) is 2. The fourth-order valence-corrected chi connectivity index (χ4v) is 3.57. The van der Waals surface area contributed by atoms with Crippen molar-refractivity contribution in [2.75, 3.05) is 0 Å². The Hall–Kier alpha value is -1.76. The van der Waals surface area contributed by atoms with Crippen LogP contribution in [0, 0.1) is 0 Å². The summed E-state index contributed by atoms with van der Waals surface area (Å²) in [6.07, 6.45) is 3.30. The molecule has 1 aromatic carbocycles. The number of aromatic nitrogens is 1. The van der Waals surface area contributed by atoms with Crippen LogP contribution in [0.2, 0.25) is 0 Å². The van der Waals surface area contributed by atoms with E-state index in [2.05, 4.69) is 14.4 Å². The summed E-state index contributed by atoms with van der Waals surface area (Å²) in [5, 5.41) is 0. The van der Waals surface area contributed by atoms with Crippen molar-refractivity contribution in [1.29, 1.82) is 0 Å². The van der Waals surface area contributed by atoms with Gasteiger partial charge in [0.15, 0.2) is 0 Å². The van der Waals surface area contributed by atoms with Gasteiger partial charge in [-0.05, 0) is 30.0 Å². The molecule has 1 heterocycles. The summed E-state index contributed by atoms with van der Waals surface area (Å²) >= 11 is 0. The SMILES string of the molecule is O=S(=O)(NCc1ccccc1)N[C@H]1CCc2cccnc21. The molecule has 1 aromatic heterocycles. The molecule has 3 rings (SSSR count). The first-order chi connectivity index (χ1) is 10.1. The molecule has 5 nitrogen and oxygen atoms in total. The predicted molar refractivity (Wildman–Crippen MR) is 80.6 cm³/mol. The fourth-order valence-electron chi connectivity index (χ4n) is 2.53. The van der Waals surface area contributed by atoms with E-state index in [0.717, 1.165) is 29.7 Å². The molecule has 0 bridgehead atoms. The van der Waals surface area contributed by atoms with Crippen LogP contribution in [0.5, 0.6) is 0 Å². The van der Waals surface area contributed by atoms with Crippen molar-refractivity contribution in [3.63, 3.8) is 0 Å². The molecule has 1 aliphatic rings. The first kappa shape index (κ1) is 14.2. The lowest BCUT2D eigenvalue weighted by Gasteiger charge is -2.14. The molecule has 0 fully saturated rings. The average molecular weight is 303 g/mol. The molecule has 2 aromatic rings. The number of pyridine rings is 1. The van der Waals surface area contributed by atoms with Gasteiger partial charge in [-0.25, -0.2) is 0 Å². The molecule has 2 N–H and O–H groups in total. The van der Waals surface area contributed by atoms with Crippen molar-refractivity contribution < 1.29 is 8.42 Å². The maximum absolute atomic E-state index is 12.1. The summed E-state index contributed by atoms with van der Waals surface area (Å²) < 4.78 is 29.5. The van der Waals surface area contributed by atoms with Crippen molar-refractivity contribution in [3.05, 3.63) is 65.5 Å². The summed E-state index contributed by atoms with van der Waals surface area (Å²) in [6, 6.07) is 13.1. The van der Waals surface area contributed by atoms with E-state index in [0.29, 0.717) is 0 Å². The molecule has 1 aliphatic carbocycles. The lowest BCUT2D eigenvalue weighted by molar-refractivity contribution is 0.537. The molecular weight excluding hydrogens is 286 g/mol. The second kappa shape index (κ2) is 5.93. The molecule has 0 saturated carbocycles. The van der Waals surface area contributed by atoms with Crippen LogP contribution in [0.15, 0.2) is 48.7 Å². The molecule has 110 valence electrons. The highest BCUT2D eigenvalue weighted by Crippen LogP contribution is 2.29. The highest BCUT2D eigenvalue weighted by molar-refractivity contribution is 7.87. The molecular formula is C15H17N3O2S. The third-order valence-corrected chi connectivity index (χ3v) is 4.68. The van der Waals surface area contributed by atoms with E-state index in [4.69, 9.17) is 0 Å². The number of fused-ring (bicyclic) bond motifs is 1. The average Bonchev–Trinajstić information content (AvgIpc) is 2.89. The molecule has 0 aliphatic heterocycles. The molecule has 0 unspecified atom stereocenters. The van der Waals surface area contributed by atoms with Gasteiger partial charge in [-0.1, -0.05) is 36.4 Å². The Morgan fingerprint density at radius 2 is 1.95 bits per heavy atom. The third-order valence-electron chi connectivity index (χ3n) is 3.57. The van der Waals surface area contributed by atoms with E-state index in [9.17, 15) is 8.42 Å². The minimum Gasteiger partial charge on any atom is -0.259 e. The Morgan fingerprint density at radius 1 is 1.14 bits per heavy atom. The van der Waals surface area contributed by atoms with Crippen molar-refractivity contribution in [2.45, 2.75) is 25.4 Å². The van der Waals surface area contributed by atoms with Crippen LogP contribution in [0.25, 0.3) is 0 Å². The molecule has 21 heavy (non-hydrogen) atoms. The highest BCUT2D eigenvalue weighted by atomic mass is 32.2. The monoisotopic (exact) mass is 303 g/mol. The first-order valence-electron chi connectivity index (χ1n) is 6.89. The van der Waals surface area contributed by atoms with Gasteiger partial charge in [-0.3, -0.25) is 4.98 Å². The van der Waals surface area contributed by atoms with Gasteiger partial charge in [0.1, 0.15) is 0 Å². The van der Waals surface area contributed by atoms with Crippen LogP contribution in [0.4, 0.5) is 0 Å². The Kier molecular flexibility index (Phi) is 4.01. The van der Waals surface area contributed by atoms with Gasteiger partial charge >= 0.3 is 0 Å². The van der Waals surface area contributed by atoms with Crippen LogP contribution in [-0.4, -0.2) is 13.4 Å². The van der Waals surface area contributed by atoms with Crippen molar-refractivity contribution in [3.8, 4) is 0 Å². The zero-order valence-corrected chi connectivity index (χ0v) is 12.3. The van der Waals surface area contributed by atoms with E-state index in [1.165, 1.54) is 0 Å². The van der Waals surface area contributed by atoms with Crippen LogP contribution in [0.1, 0.15) is 29.3 Å². The van der Waals surface area contributed by atoms with E-state index >= 15 is 0 Å². The topological polar surface area (TPSA) is 71.1 Å². The number of rotatable bonds is 5. The van der Waals surface area contributed by atoms with Crippen LogP contribution >= 0.6 is 0 Å². The molecule has 1 atom stereocenters. The Bertz CT molecular complexity index is 717. The zero-order valence-electron chi connectivity index (χ0n) is 11.5. The molecule has 0 radical (unpaired) electrons.